The predicted octanol–water partition coefficient (Wildman–Crippen LogP) is 4.35. The summed E-state index contributed by atoms with van der Waals surface area (Å²) in [6.07, 6.45) is 3.60. The van der Waals surface area contributed by atoms with Crippen LogP contribution in [0.4, 0.5) is 4.79 Å². The Kier molecular flexibility index (Phi) is 8.29. The van der Waals surface area contributed by atoms with Crippen molar-refractivity contribution >= 4 is 12.0 Å². The van der Waals surface area contributed by atoms with Gasteiger partial charge in [-0.2, -0.15) is 0 Å². The lowest BCUT2D eigenvalue weighted by Gasteiger charge is -2.45. The third-order valence-electron chi connectivity index (χ3n) is 7.02. The van der Waals surface area contributed by atoms with E-state index in [1.165, 1.54) is 0 Å². The average Bonchev–Trinajstić information content (AvgIpc) is 2.87. The number of aliphatic hydroxyl groups is 1. The first-order valence-corrected chi connectivity index (χ1v) is 12.7. The van der Waals surface area contributed by atoms with Crippen LogP contribution in [0.25, 0.3) is 0 Å². The van der Waals surface area contributed by atoms with Gasteiger partial charge >= 0.3 is 6.09 Å². The van der Waals surface area contributed by atoms with E-state index in [9.17, 15) is 14.7 Å². The molecule has 7 nitrogen and oxygen atoms in total. The van der Waals surface area contributed by atoms with Crippen molar-refractivity contribution in [2.24, 2.45) is 0 Å². The Morgan fingerprint density at radius 1 is 1.00 bits per heavy atom. The Hall–Kier alpha value is -3.06. The van der Waals surface area contributed by atoms with Gasteiger partial charge < -0.3 is 24.4 Å². The summed E-state index contributed by atoms with van der Waals surface area (Å²) in [4.78, 5) is 29.4. The van der Waals surface area contributed by atoms with Gasteiger partial charge in [-0.3, -0.25) is 4.79 Å². The van der Waals surface area contributed by atoms with Gasteiger partial charge in [-0.05, 0) is 48.9 Å². The first-order valence-electron chi connectivity index (χ1n) is 12.7. The summed E-state index contributed by atoms with van der Waals surface area (Å²) in [6.45, 7) is 4.63. The molecule has 2 amide bonds. The highest BCUT2D eigenvalue weighted by Gasteiger charge is 2.48. The Balaban J connectivity index is 1.43. The normalized spacial score (nSPS) is 17.9. The molecular weight excluding hydrogens is 444 g/mol. The van der Waals surface area contributed by atoms with Crippen molar-refractivity contribution < 1.29 is 24.2 Å². The topological polar surface area (TPSA) is 79.3 Å². The van der Waals surface area contributed by atoms with Crippen molar-refractivity contribution in [3.63, 3.8) is 0 Å². The van der Waals surface area contributed by atoms with E-state index in [4.69, 9.17) is 9.47 Å². The number of piperazine rings is 1. The Morgan fingerprint density at radius 3 is 2.37 bits per heavy atom. The summed E-state index contributed by atoms with van der Waals surface area (Å²) in [5.41, 5.74) is 0.782. The van der Waals surface area contributed by atoms with E-state index in [1.54, 1.807) is 9.80 Å². The molecule has 7 heteroatoms. The second-order valence-electron chi connectivity index (χ2n) is 9.52. The van der Waals surface area contributed by atoms with Crippen LogP contribution in [-0.4, -0.2) is 65.3 Å². The third-order valence-corrected chi connectivity index (χ3v) is 7.02. The molecule has 2 aliphatic rings. The zero-order chi connectivity index (χ0) is 24.7. The van der Waals surface area contributed by atoms with Gasteiger partial charge in [0.1, 0.15) is 12.4 Å². The van der Waals surface area contributed by atoms with Gasteiger partial charge in [-0.15, -0.1) is 0 Å². The number of rotatable bonds is 9. The van der Waals surface area contributed by atoms with Crippen molar-refractivity contribution in [2.75, 3.05) is 32.8 Å². The number of carbonyl (C=O) groups excluding carboxylic acids is 2. The van der Waals surface area contributed by atoms with Gasteiger partial charge in [0, 0.05) is 26.2 Å². The molecule has 1 atom stereocenters. The summed E-state index contributed by atoms with van der Waals surface area (Å²) in [6, 6.07) is 17.5. The summed E-state index contributed by atoms with van der Waals surface area (Å²) < 4.78 is 11.3. The molecule has 0 spiro atoms. The molecule has 0 aromatic heterocycles. The maximum Gasteiger partial charge on any atom is 0.409 e. The van der Waals surface area contributed by atoms with Crippen molar-refractivity contribution in [1.29, 1.82) is 0 Å². The van der Waals surface area contributed by atoms with Gasteiger partial charge in [-0.1, -0.05) is 55.8 Å². The van der Waals surface area contributed by atoms with Gasteiger partial charge in [0.05, 0.1) is 18.1 Å². The van der Waals surface area contributed by atoms with Gasteiger partial charge in [0.15, 0.2) is 0 Å². The zero-order valence-electron chi connectivity index (χ0n) is 20.5. The van der Waals surface area contributed by atoms with Crippen LogP contribution < -0.4 is 4.74 Å². The van der Waals surface area contributed by atoms with E-state index < -0.39 is 11.5 Å². The quantitative estimate of drug-likeness (QED) is 0.540. The van der Waals surface area contributed by atoms with Crippen LogP contribution in [0.1, 0.15) is 56.1 Å². The largest absolute Gasteiger partial charge is 0.489 e. The van der Waals surface area contributed by atoms with Crippen molar-refractivity contribution in [3.8, 4) is 5.75 Å². The smallest absolute Gasteiger partial charge is 0.409 e. The molecule has 2 aromatic carbocycles. The van der Waals surface area contributed by atoms with E-state index in [-0.39, 0.29) is 12.0 Å². The average molecular weight is 481 g/mol. The summed E-state index contributed by atoms with van der Waals surface area (Å²) in [7, 11) is 0. The molecule has 1 saturated carbocycles. The van der Waals surface area contributed by atoms with Gasteiger partial charge in [0.2, 0.25) is 5.91 Å². The summed E-state index contributed by atoms with van der Waals surface area (Å²) >= 11 is 0. The van der Waals surface area contributed by atoms with Crippen molar-refractivity contribution in [2.45, 2.75) is 57.2 Å². The molecular formula is C28H36N2O5. The molecule has 2 fully saturated rings. The lowest BCUT2D eigenvalue weighted by atomic mass is 9.68. The summed E-state index contributed by atoms with van der Waals surface area (Å²) in [5, 5.41) is 11.3. The number of hydrogen-bond donors (Lipinski definition) is 1. The number of ether oxygens (including phenoxy) is 2. The van der Waals surface area contributed by atoms with E-state index in [0.29, 0.717) is 58.0 Å². The maximum atomic E-state index is 13.7. The third kappa shape index (κ3) is 6.14. The highest BCUT2D eigenvalue weighted by atomic mass is 16.6. The maximum absolute atomic E-state index is 13.7. The predicted molar refractivity (Wildman–Crippen MR) is 133 cm³/mol. The molecule has 2 aromatic rings. The van der Waals surface area contributed by atoms with Gasteiger partial charge in [-0.25, -0.2) is 4.79 Å². The van der Waals surface area contributed by atoms with E-state index >= 15 is 0 Å². The van der Waals surface area contributed by atoms with E-state index in [2.05, 4.69) is 6.92 Å². The van der Waals surface area contributed by atoms with Crippen LogP contribution in [0, 0.1) is 0 Å². The monoisotopic (exact) mass is 480 g/mol. The van der Waals surface area contributed by atoms with Crippen LogP contribution in [0.15, 0.2) is 54.6 Å². The fourth-order valence-electron chi connectivity index (χ4n) is 4.72. The lowest BCUT2D eigenvalue weighted by molar-refractivity contribution is -0.146. The Bertz CT molecular complexity index is 984. The van der Waals surface area contributed by atoms with Crippen LogP contribution in [0.2, 0.25) is 0 Å². The van der Waals surface area contributed by atoms with Crippen molar-refractivity contribution in [3.05, 3.63) is 65.7 Å². The molecule has 1 unspecified atom stereocenters. The Labute approximate surface area is 207 Å². The van der Waals surface area contributed by atoms with Crippen LogP contribution >= 0.6 is 0 Å². The van der Waals surface area contributed by atoms with Crippen LogP contribution in [0.3, 0.4) is 0 Å². The minimum atomic E-state index is -1.05. The first kappa shape index (κ1) is 25.0. The van der Waals surface area contributed by atoms with Crippen LogP contribution in [-0.2, 0) is 16.1 Å². The number of carbonyl (C=O) groups is 2. The van der Waals surface area contributed by atoms with Crippen molar-refractivity contribution in [1.82, 2.24) is 9.80 Å². The molecule has 4 rings (SSSR count). The molecule has 1 saturated heterocycles. The van der Waals surface area contributed by atoms with Gasteiger partial charge in [0.25, 0.3) is 0 Å². The fraction of sp³-hybridized carbons (Fsp3) is 0.500. The SMILES string of the molecule is CCCCOC(=O)N1CCN(C(=O)C(c2cccc(OCc3ccccc3)c2)C2(O)CCC2)CC1. The number of amides is 2. The molecule has 1 aliphatic heterocycles. The van der Waals surface area contributed by atoms with Crippen LogP contribution in [0.5, 0.6) is 5.75 Å². The first-order chi connectivity index (χ1) is 17.0. The lowest BCUT2D eigenvalue weighted by Crippen LogP contribution is -2.56. The minimum Gasteiger partial charge on any atom is -0.489 e. The zero-order valence-corrected chi connectivity index (χ0v) is 20.5. The molecule has 1 aliphatic carbocycles. The fourth-order valence-corrected chi connectivity index (χ4v) is 4.72. The minimum absolute atomic E-state index is 0.0913. The highest BCUT2D eigenvalue weighted by Crippen LogP contribution is 2.45. The number of hydrogen-bond acceptors (Lipinski definition) is 5. The molecule has 188 valence electrons. The van der Waals surface area contributed by atoms with E-state index in [1.807, 2.05) is 54.6 Å². The molecule has 1 heterocycles. The second-order valence-corrected chi connectivity index (χ2v) is 9.52. The Morgan fingerprint density at radius 2 is 1.71 bits per heavy atom. The molecule has 0 bridgehead atoms. The number of nitrogens with zero attached hydrogens (tertiary/aromatic N) is 2. The summed E-state index contributed by atoms with van der Waals surface area (Å²) in [5.74, 6) is -0.0716. The molecule has 0 radical (unpaired) electrons. The number of unbranched alkanes of at least 4 members (excludes halogenated alkanes) is 1. The van der Waals surface area contributed by atoms with E-state index in [0.717, 1.165) is 30.4 Å². The second kappa shape index (κ2) is 11.6. The highest BCUT2D eigenvalue weighted by molar-refractivity contribution is 5.86. The number of benzene rings is 2. The molecule has 35 heavy (non-hydrogen) atoms. The standard InChI is InChI=1S/C28H36N2O5/c1-2-3-19-34-27(32)30-17-15-29(16-18-30)26(31)25(28(33)13-8-14-28)23-11-7-12-24(20-23)35-21-22-9-5-4-6-10-22/h4-7,9-12,20,25,33H,2-3,8,13-19,21H2,1H3. The molecule has 1 N–H and O–H groups in total.